The van der Waals surface area contributed by atoms with E-state index in [0.717, 1.165) is 17.7 Å². The van der Waals surface area contributed by atoms with E-state index in [1.807, 2.05) is 62.4 Å². The summed E-state index contributed by atoms with van der Waals surface area (Å²) in [5, 5.41) is 0. The minimum atomic E-state index is -0.0552. The number of methoxy groups -OCH3 is 1. The van der Waals surface area contributed by atoms with Crippen molar-refractivity contribution in [2.75, 3.05) is 26.9 Å². The number of aryl methyl sites for hydroxylation is 1. The molecule has 3 rings (SSSR count). The summed E-state index contributed by atoms with van der Waals surface area (Å²) in [6.07, 6.45) is 2.58. The van der Waals surface area contributed by atoms with Crippen LogP contribution in [0.25, 0.3) is 6.08 Å². The lowest BCUT2D eigenvalue weighted by atomic mass is 10.2. The largest absolute Gasteiger partial charge is 0.493 e. The molecule has 5 nitrogen and oxygen atoms in total. The number of amides is 1. The number of hydrogen-bond donors (Lipinski definition) is 0. The van der Waals surface area contributed by atoms with Crippen LogP contribution in [-0.2, 0) is 4.79 Å². The van der Waals surface area contributed by atoms with Crippen molar-refractivity contribution in [3.8, 4) is 17.2 Å². The fourth-order valence-electron chi connectivity index (χ4n) is 2.88. The van der Waals surface area contributed by atoms with Crippen LogP contribution in [0.15, 0.2) is 47.4 Å². The number of carbonyl (C=O) groups excluding carboxylic acids is 1. The summed E-state index contributed by atoms with van der Waals surface area (Å²) in [7, 11) is 1.60. The molecule has 1 amide bonds. The van der Waals surface area contributed by atoms with Gasteiger partial charge in [0.2, 0.25) is 0 Å². The van der Waals surface area contributed by atoms with Gasteiger partial charge in [0.1, 0.15) is 10.1 Å². The number of rotatable bonds is 9. The van der Waals surface area contributed by atoms with Crippen LogP contribution in [-0.4, -0.2) is 42.0 Å². The third-order valence-corrected chi connectivity index (χ3v) is 5.89. The first kappa shape index (κ1) is 22.2. The molecule has 0 unspecified atom stereocenters. The first-order valence-electron chi connectivity index (χ1n) is 9.77. The molecule has 0 radical (unpaired) electrons. The van der Waals surface area contributed by atoms with Crippen molar-refractivity contribution in [3.63, 3.8) is 0 Å². The molecule has 2 aromatic rings. The van der Waals surface area contributed by atoms with Crippen molar-refractivity contribution in [2.24, 2.45) is 0 Å². The van der Waals surface area contributed by atoms with E-state index in [4.69, 9.17) is 26.4 Å². The number of ether oxygens (including phenoxy) is 3. The molecule has 30 heavy (non-hydrogen) atoms. The van der Waals surface area contributed by atoms with Gasteiger partial charge in [0.15, 0.2) is 11.5 Å². The highest BCUT2D eigenvalue weighted by atomic mass is 32.2. The van der Waals surface area contributed by atoms with Crippen LogP contribution < -0.4 is 14.2 Å². The lowest BCUT2D eigenvalue weighted by Gasteiger charge is -2.12. The van der Waals surface area contributed by atoms with Crippen molar-refractivity contribution in [2.45, 2.75) is 20.3 Å². The monoisotopic (exact) mass is 443 g/mol. The Morgan fingerprint density at radius 2 is 1.80 bits per heavy atom. The Morgan fingerprint density at radius 1 is 1.07 bits per heavy atom. The van der Waals surface area contributed by atoms with Crippen molar-refractivity contribution >= 4 is 40.3 Å². The highest BCUT2D eigenvalue weighted by Gasteiger charge is 2.30. The van der Waals surface area contributed by atoms with Gasteiger partial charge in [-0.2, -0.15) is 0 Å². The van der Waals surface area contributed by atoms with E-state index >= 15 is 0 Å². The highest BCUT2D eigenvalue weighted by molar-refractivity contribution is 8.26. The van der Waals surface area contributed by atoms with Crippen LogP contribution in [0.2, 0.25) is 0 Å². The maximum Gasteiger partial charge on any atom is 0.266 e. The SMILES string of the molecule is CCN1C(=O)/C(=C/c2ccc(OCCCOc3ccc(C)cc3)c(OC)c2)SC1=S. The fourth-order valence-corrected chi connectivity index (χ4v) is 4.27. The second-order valence-electron chi connectivity index (χ2n) is 6.70. The van der Waals surface area contributed by atoms with Crippen molar-refractivity contribution in [1.29, 1.82) is 0 Å². The molecule has 0 spiro atoms. The molecule has 1 fully saturated rings. The van der Waals surface area contributed by atoms with E-state index in [1.54, 1.807) is 12.0 Å². The normalized spacial score (nSPS) is 15.0. The Kier molecular flexibility index (Phi) is 7.76. The van der Waals surface area contributed by atoms with Gasteiger partial charge >= 0.3 is 0 Å². The van der Waals surface area contributed by atoms with E-state index in [-0.39, 0.29) is 5.91 Å². The number of hydrogen-bond acceptors (Lipinski definition) is 6. The summed E-state index contributed by atoms with van der Waals surface area (Å²) >= 11 is 6.58. The zero-order valence-electron chi connectivity index (χ0n) is 17.3. The standard InChI is InChI=1S/C23H25NO4S2/c1-4-24-22(25)21(30-23(24)29)15-17-8-11-19(20(14-17)26-3)28-13-5-12-27-18-9-6-16(2)7-10-18/h6-11,14-15H,4-5,12-13H2,1-3H3/b21-15-. The number of carbonyl (C=O) groups is 1. The lowest BCUT2D eigenvalue weighted by molar-refractivity contribution is -0.121. The van der Waals surface area contributed by atoms with Gasteiger partial charge in [-0.1, -0.05) is 47.7 Å². The highest BCUT2D eigenvalue weighted by Crippen LogP contribution is 2.34. The van der Waals surface area contributed by atoms with Gasteiger partial charge in [-0.25, -0.2) is 0 Å². The van der Waals surface area contributed by atoms with Crippen molar-refractivity contribution < 1.29 is 19.0 Å². The van der Waals surface area contributed by atoms with Gasteiger partial charge in [-0.05, 0) is 49.8 Å². The zero-order chi connectivity index (χ0) is 21.5. The molecule has 0 N–H and O–H groups in total. The van der Waals surface area contributed by atoms with E-state index < -0.39 is 0 Å². The van der Waals surface area contributed by atoms with E-state index in [2.05, 4.69) is 0 Å². The van der Waals surface area contributed by atoms with Crippen LogP contribution in [0.3, 0.4) is 0 Å². The molecule has 2 aromatic carbocycles. The van der Waals surface area contributed by atoms with Crippen LogP contribution in [0.5, 0.6) is 17.2 Å². The number of nitrogens with zero attached hydrogens (tertiary/aromatic N) is 1. The van der Waals surface area contributed by atoms with Gasteiger partial charge in [0.05, 0.1) is 25.2 Å². The summed E-state index contributed by atoms with van der Waals surface area (Å²) < 4.78 is 17.6. The molecule has 0 aliphatic carbocycles. The Bertz CT molecular complexity index is 941. The Hall–Kier alpha value is -2.51. The summed E-state index contributed by atoms with van der Waals surface area (Å²) in [4.78, 5) is 14.6. The molecule has 1 saturated heterocycles. The van der Waals surface area contributed by atoms with Crippen LogP contribution in [0, 0.1) is 6.92 Å². The minimum Gasteiger partial charge on any atom is -0.493 e. The van der Waals surface area contributed by atoms with E-state index in [9.17, 15) is 4.79 Å². The summed E-state index contributed by atoms with van der Waals surface area (Å²) in [6, 6.07) is 13.6. The number of likely N-dealkylation sites (N-methyl/N-ethyl adjacent to an activating group) is 1. The molecule has 1 aliphatic rings. The average molecular weight is 444 g/mol. The molecule has 0 bridgehead atoms. The summed E-state index contributed by atoms with van der Waals surface area (Å²) in [5.74, 6) is 2.08. The van der Waals surface area contributed by atoms with E-state index in [1.165, 1.54) is 17.3 Å². The van der Waals surface area contributed by atoms with Crippen molar-refractivity contribution in [1.82, 2.24) is 4.90 Å². The number of benzene rings is 2. The van der Waals surface area contributed by atoms with Crippen LogP contribution in [0.1, 0.15) is 24.5 Å². The molecule has 7 heteroatoms. The number of thioether (sulfide) groups is 1. The molecular formula is C23H25NO4S2. The molecule has 1 heterocycles. The second-order valence-corrected chi connectivity index (χ2v) is 8.38. The molecule has 0 saturated carbocycles. The molecule has 1 aliphatic heterocycles. The topological polar surface area (TPSA) is 48.0 Å². The predicted molar refractivity (Wildman–Crippen MR) is 125 cm³/mol. The van der Waals surface area contributed by atoms with Gasteiger partial charge in [-0.3, -0.25) is 9.69 Å². The van der Waals surface area contributed by atoms with E-state index in [0.29, 0.717) is 40.5 Å². The molecule has 158 valence electrons. The van der Waals surface area contributed by atoms with Gasteiger partial charge < -0.3 is 14.2 Å². The zero-order valence-corrected chi connectivity index (χ0v) is 19.0. The van der Waals surface area contributed by atoms with Gasteiger partial charge in [0.25, 0.3) is 5.91 Å². The second kappa shape index (κ2) is 10.5. The van der Waals surface area contributed by atoms with Crippen molar-refractivity contribution in [3.05, 3.63) is 58.5 Å². The molecule has 0 atom stereocenters. The summed E-state index contributed by atoms with van der Waals surface area (Å²) in [6.45, 7) is 5.62. The number of thiocarbonyl (C=S) groups is 1. The molecular weight excluding hydrogens is 418 g/mol. The van der Waals surface area contributed by atoms with Crippen LogP contribution in [0.4, 0.5) is 0 Å². The summed E-state index contributed by atoms with van der Waals surface area (Å²) in [5.41, 5.74) is 2.07. The quantitative estimate of drug-likeness (QED) is 0.306. The average Bonchev–Trinajstić information content (AvgIpc) is 3.02. The third kappa shape index (κ3) is 5.55. The minimum absolute atomic E-state index is 0.0552. The Labute approximate surface area is 187 Å². The first-order valence-corrected chi connectivity index (χ1v) is 11.0. The lowest BCUT2D eigenvalue weighted by Crippen LogP contribution is -2.27. The third-order valence-electron chi connectivity index (χ3n) is 4.51. The molecule has 0 aromatic heterocycles. The predicted octanol–water partition coefficient (Wildman–Crippen LogP) is 5.07. The van der Waals surface area contributed by atoms with Crippen LogP contribution >= 0.6 is 24.0 Å². The maximum absolute atomic E-state index is 12.4. The first-order chi connectivity index (χ1) is 14.5. The fraction of sp³-hybridized carbons (Fsp3) is 0.304. The maximum atomic E-state index is 12.4. The smallest absolute Gasteiger partial charge is 0.266 e. The Balaban J connectivity index is 1.55. The van der Waals surface area contributed by atoms with Gasteiger partial charge in [-0.15, -0.1) is 0 Å². The van der Waals surface area contributed by atoms with Gasteiger partial charge in [0, 0.05) is 13.0 Å². The Morgan fingerprint density at radius 3 is 2.47 bits per heavy atom.